The zero-order chi connectivity index (χ0) is 16.2. The van der Waals surface area contributed by atoms with Gasteiger partial charge in [-0.2, -0.15) is 0 Å². The number of fused-ring (bicyclic) bond motifs is 1. The van der Waals surface area contributed by atoms with Gasteiger partial charge < -0.3 is 14.8 Å². The predicted octanol–water partition coefficient (Wildman–Crippen LogP) is 3.19. The molecule has 1 aliphatic rings. The number of amides is 2. The lowest BCUT2D eigenvalue weighted by Gasteiger charge is -2.13. The number of rotatable bonds is 5. The van der Waals surface area contributed by atoms with Crippen LogP contribution < -0.4 is 20.1 Å². The molecular weight excluding hydrogens is 314 g/mol. The van der Waals surface area contributed by atoms with Crippen LogP contribution in [-0.2, 0) is 13.0 Å². The number of benzene rings is 1. The Balaban J connectivity index is 1.69. The maximum atomic E-state index is 11.9. The summed E-state index contributed by atoms with van der Waals surface area (Å²) >= 11 is 1.37. The van der Waals surface area contributed by atoms with E-state index in [0.29, 0.717) is 18.3 Å². The van der Waals surface area contributed by atoms with Crippen molar-refractivity contribution in [3.8, 4) is 11.5 Å². The SMILES string of the molecule is CCOc1cc2c(cc1CNC(=O)Nc1nccs1)OC(C)C2. The summed E-state index contributed by atoms with van der Waals surface area (Å²) in [5.74, 6) is 1.66. The van der Waals surface area contributed by atoms with Crippen molar-refractivity contribution in [2.45, 2.75) is 32.9 Å². The summed E-state index contributed by atoms with van der Waals surface area (Å²) < 4.78 is 11.5. The second kappa shape index (κ2) is 6.87. The molecule has 2 aromatic rings. The molecule has 2 amide bonds. The minimum Gasteiger partial charge on any atom is -0.494 e. The van der Waals surface area contributed by atoms with E-state index in [9.17, 15) is 4.79 Å². The van der Waals surface area contributed by atoms with Gasteiger partial charge in [0.2, 0.25) is 0 Å². The average molecular weight is 333 g/mol. The molecule has 1 aliphatic heterocycles. The van der Waals surface area contributed by atoms with E-state index in [1.54, 1.807) is 6.20 Å². The molecule has 1 unspecified atom stereocenters. The van der Waals surface area contributed by atoms with E-state index in [2.05, 4.69) is 15.6 Å². The monoisotopic (exact) mass is 333 g/mol. The molecule has 0 radical (unpaired) electrons. The predicted molar refractivity (Wildman–Crippen MR) is 89.4 cm³/mol. The van der Waals surface area contributed by atoms with Gasteiger partial charge in [0.15, 0.2) is 5.13 Å². The fraction of sp³-hybridized carbons (Fsp3) is 0.375. The number of thiazole rings is 1. The summed E-state index contributed by atoms with van der Waals surface area (Å²) in [5, 5.41) is 7.88. The standard InChI is InChI=1S/C16H19N3O3S/c1-3-21-13-7-11-6-10(2)22-14(11)8-12(13)9-18-15(20)19-16-17-4-5-23-16/h4-5,7-8,10H,3,6,9H2,1-2H3,(H2,17,18,19,20). The van der Waals surface area contributed by atoms with Crippen molar-refractivity contribution in [3.63, 3.8) is 0 Å². The second-order valence-corrected chi connectivity index (χ2v) is 6.17. The first-order chi connectivity index (χ1) is 11.2. The Bertz CT molecular complexity index is 688. The molecule has 3 rings (SSSR count). The maximum Gasteiger partial charge on any atom is 0.321 e. The number of hydrogen-bond acceptors (Lipinski definition) is 5. The van der Waals surface area contributed by atoms with Gasteiger partial charge in [-0.25, -0.2) is 9.78 Å². The van der Waals surface area contributed by atoms with Crippen LogP contribution >= 0.6 is 11.3 Å². The first kappa shape index (κ1) is 15.6. The Morgan fingerprint density at radius 2 is 2.39 bits per heavy atom. The van der Waals surface area contributed by atoms with Gasteiger partial charge in [0.05, 0.1) is 6.61 Å². The van der Waals surface area contributed by atoms with Gasteiger partial charge >= 0.3 is 6.03 Å². The van der Waals surface area contributed by atoms with Crippen LogP contribution in [0.5, 0.6) is 11.5 Å². The number of carbonyl (C=O) groups is 1. The van der Waals surface area contributed by atoms with Gasteiger partial charge in [-0.05, 0) is 26.0 Å². The van der Waals surface area contributed by atoms with Gasteiger partial charge in [0, 0.05) is 35.7 Å². The number of hydrogen-bond donors (Lipinski definition) is 2. The van der Waals surface area contributed by atoms with Gasteiger partial charge in [-0.1, -0.05) is 0 Å². The quantitative estimate of drug-likeness (QED) is 0.881. The van der Waals surface area contributed by atoms with E-state index < -0.39 is 0 Å². The highest BCUT2D eigenvalue weighted by Gasteiger charge is 2.22. The molecule has 0 spiro atoms. The number of nitrogens with one attached hydrogen (secondary N) is 2. The van der Waals surface area contributed by atoms with Crippen LogP contribution in [-0.4, -0.2) is 23.7 Å². The van der Waals surface area contributed by atoms with Crippen molar-refractivity contribution in [1.29, 1.82) is 0 Å². The fourth-order valence-electron chi connectivity index (χ4n) is 2.51. The molecule has 0 saturated carbocycles. The Kier molecular flexibility index (Phi) is 4.66. The molecular formula is C16H19N3O3S. The molecule has 1 atom stereocenters. The van der Waals surface area contributed by atoms with E-state index >= 15 is 0 Å². The van der Waals surface area contributed by atoms with Crippen molar-refractivity contribution in [2.75, 3.05) is 11.9 Å². The topological polar surface area (TPSA) is 72.5 Å². The molecule has 1 aromatic heterocycles. The Labute approximate surface area is 138 Å². The summed E-state index contributed by atoms with van der Waals surface area (Å²) in [6.07, 6.45) is 2.70. The minimum absolute atomic E-state index is 0.177. The van der Waals surface area contributed by atoms with Crippen LogP contribution in [0.4, 0.5) is 9.93 Å². The molecule has 6 nitrogen and oxygen atoms in total. The Hall–Kier alpha value is -2.28. The van der Waals surface area contributed by atoms with Gasteiger partial charge in [-0.15, -0.1) is 11.3 Å². The number of urea groups is 1. The van der Waals surface area contributed by atoms with Crippen molar-refractivity contribution in [2.24, 2.45) is 0 Å². The van der Waals surface area contributed by atoms with E-state index in [0.717, 1.165) is 29.0 Å². The van der Waals surface area contributed by atoms with Crippen molar-refractivity contribution in [3.05, 3.63) is 34.8 Å². The van der Waals surface area contributed by atoms with Crippen LogP contribution in [0.3, 0.4) is 0 Å². The number of nitrogens with zero attached hydrogens (tertiary/aromatic N) is 1. The third-order valence-electron chi connectivity index (χ3n) is 3.47. The molecule has 0 fully saturated rings. The summed E-state index contributed by atoms with van der Waals surface area (Å²) in [7, 11) is 0. The Morgan fingerprint density at radius 3 is 3.13 bits per heavy atom. The smallest absolute Gasteiger partial charge is 0.321 e. The van der Waals surface area contributed by atoms with Crippen LogP contribution in [0.25, 0.3) is 0 Å². The molecule has 7 heteroatoms. The van der Waals surface area contributed by atoms with Gasteiger partial charge in [-0.3, -0.25) is 5.32 Å². The van der Waals surface area contributed by atoms with Crippen molar-refractivity contribution in [1.82, 2.24) is 10.3 Å². The molecule has 0 bridgehead atoms. The largest absolute Gasteiger partial charge is 0.494 e. The first-order valence-electron chi connectivity index (χ1n) is 7.55. The zero-order valence-corrected chi connectivity index (χ0v) is 13.9. The summed E-state index contributed by atoms with van der Waals surface area (Å²) in [6.45, 7) is 4.92. The van der Waals surface area contributed by atoms with E-state index in [1.165, 1.54) is 11.3 Å². The van der Waals surface area contributed by atoms with Gasteiger partial charge in [0.25, 0.3) is 0 Å². The lowest BCUT2D eigenvalue weighted by atomic mass is 10.1. The summed E-state index contributed by atoms with van der Waals surface area (Å²) in [4.78, 5) is 15.9. The fourth-order valence-corrected chi connectivity index (χ4v) is 3.04. The van der Waals surface area contributed by atoms with E-state index in [4.69, 9.17) is 9.47 Å². The molecule has 2 heterocycles. The summed E-state index contributed by atoms with van der Waals surface area (Å²) in [6, 6.07) is 3.67. The molecule has 1 aromatic carbocycles. The van der Waals surface area contributed by atoms with Crippen LogP contribution in [0, 0.1) is 0 Å². The minimum atomic E-state index is -0.294. The maximum absolute atomic E-state index is 11.9. The second-order valence-electron chi connectivity index (χ2n) is 5.28. The highest BCUT2D eigenvalue weighted by atomic mass is 32.1. The molecule has 2 N–H and O–H groups in total. The molecule has 23 heavy (non-hydrogen) atoms. The lowest BCUT2D eigenvalue weighted by Crippen LogP contribution is -2.28. The van der Waals surface area contributed by atoms with Crippen LogP contribution in [0.1, 0.15) is 25.0 Å². The number of carbonyl (C=O) groups excluding carboxylic acids is 1. The van der Waals surface area contributed by atoms with Crippen LogP contribution in [0.2, 0.25) is 0 Å². The lowest BCUT2D eigenvalue weighted by molar-refractivity contribution is 0.250. The normalized spacial score (nSPS) is 15.7. The van der Waals surface area contributed by atoms with Crippen molar-refractivity contribution >= 4 is 22.5 Å². The molecule has 0 aliphatic carbocycles. The highest BCUT2D eigenvalue weighted by molar-refractivity contribution is 7.13. The van der Waals surface area contributed by atoms with Crippen LogP contribution in [0.15, 0.2) is 23.7 Å². The number of aromatic nitrogens is 1. The zero-order valence-electron chi connectivity index (χ0n) is 13.1. The van der Waals surface area contributed by atoms with E-state index in [1.807, 2.05) is 31.4 Å². The van der Waals surface area contributed by atoms with Crippen molar-refractivity contribution < 1.29 is 14.3 Å². The molecule has 0 saturated heterocycles. The third-order valence-corrected chi connectivity index (χ3v) is 4.16. The first-order valence-corrected chi connectivity index (χ1v) is 8.43. The number of ether oxygens (including phenoxy) is 2. The van der Waals surface area contributed by atoms with E-state index in [-0.39, 0.29) is 12.1 Å². The summed E-state index contributed by atoms with van der Waals surface area (Å²) in [5.41, 5.74) is 2.05. The molecule has 122 valence electrons. The highest BCUT2D eigenvalue weighted by Crippen LogP contribution is 2.35. The Morgan fingerprint density at radius 1 is 1.52 bits per heavy atom. The third kappa shape index (κ3) is 3.73. The average Bonchev–Trinajstić information content (AvgIpc) is 3.13. The number of anilines is 1. The van der Waals surface area contributed by atoms with Gasteiger partial charge in [0.1, 0.15) is 17.6 Å².